The Hall–Kier alpha value is -0.570. The van der Waals surface area contributed by atoms with E-state index in [1.165, 1.54) is 0 Å². The van der Waals surface area contributed by atoms with Crippen molar-refractivity contribution in [1.82, 2.24) is 0 Å². The van der Waals surface area contributed by atoms with Crippen LogP contribution in [0.15, 0.2) is 0 Å². The Labute approximate surface area is 104 Å². The molecule has 1 saturated heterocycles. The molecule has 2 rings (SSSR count). The van der Waals surface area contributed by atoms with Crippen molar-refractivity contribution in [2.75, 3.05) is 6.61 Å². The third-order valence-corrected chi connectivity index (χ3v) is 4.67. The topological polar surface area (TPSA) is 46.5 Å². The predicted molar refractivity (Wildman–Crippen MR) is 65.8 cm³/mol. The van der Waals surface area contributed by atoms with E-state index in [-0.39, 0.29) is 6.10 Å². The van der Waals surface area contributed by atoms with Crippen molar-refractivity contribution in [3.63, 3.8) is 0 Å². The molecule has 98 valence electrons. The lowest BCUT2D eigenvalue weighted by atomic mass is 9.71. The second-order valence-electron chi connectivity index (χ2n) is 5.73. The van der Waals surface area contributed by atoms with E-state index < -0.39 is 11.4 Å². The summed E-state index contributed by atoms with van der Waals surface area (Å²) in [6.45, 7) is 4.95. The van der Waals surface area contributed by atoms with Crippen LogP contribution in [0.1, 0.15) is 52.4 Å². The van der Waals surface area contributed by atoms with Crippen LogP contribution in [0.2, 0.25) is 0 Å². The first-order valence-corrected chi connectivity index (χ1v) is 6.99. The van der Waals surface area contributed by atoms with Crippen LogP contribution in [0.4, 0.5) is 0 Å². The number of carbonyl (C=O) groups is 1. The maximum atomic E-state index is 11.8. The lowest BCUT2D eigenvalue weighted by Crippen LogP contribution is -2.41. The highest BCUT2D eigenvalue weighted by molar-refractivity contribution is 5.76. The fourth-order valence-corrected chi connectivity index (χ4v) is 3.28. The Morgan fingerprint density at radius 3 is 2.53 bits per heavy atom. The van der Waals surface area contributed by atoms with Crippen molar-refractivity contribution < 1.29 is 14.6 Å². The molecule has 0 aromatic rings. The monoisotopic (exact) mass is 240 g/mol. The zero-order valence-corrected chi connectivity index (χ0v) is 10.9. The summed E-state index contributed by atoms with van der Waals surface area (Å²) in [7, 11) is 0. The molecular weight excluding hydrogens is 216 g/mol. The summed E-state index contributed by atoms with van der Waals surface area (Å²) < 4.78 is 5.76. The first-order chi connectivity index (χ1) is 8.14. The molecule has 1 aliphatic heterocycles. The molecular formula is C14H24O3. The minimum Gasteiger partial charge on any atom is -0.481 e. The van der Waals surface area contributed by atoms with Crippen molar-refractivity contribution in [3.8, 4) is 0 Å². The minimum absolute atomic E-state index is 0.0133. The quantitative estimate of drug-likeness (QED) is 0.776. The van der Waals surface area contributed by atoms with Gasteiger partial charge in [-0.15, -0.1) is 0 Å². The Morgan fingerprint density at radius 1 is 1.41 bits per heavy atom. The van der Waals surface area contributed by atoms with Crippen LogP contribution in [-0.4, -0.2) is 23.8 Å². The largest absolute Gasteiger partial charge is 0.481 e. The molecule has 2 atom stereocenters. The molecule has 0 radical (unpaired) electrons. The Balaban J connectivity index is 2.15. The van der Waals surface area contributed by atoms with Gasteiger partial charge in [-0.1, -0.05) is 26.7 Å². The Kier molecular flexibility index (Phi) is 3.76. The van der Waals surface area contributed by atoms with Crippen molar-refractivity contribution in [1.29, 1.82) is 0 Å². The van der Waals surface area contributed by atoms with Gasteiger partial charge in [-0.3, -0.25) is 4.79 Å². The fraction of sp³-hybridized carbons (Fsp3) is 0.929. The summed E-state index contributed by atoms with van der Waals surface area (Å²) in [5.41, 5.74) is -0.585. The van der Waals surface area contributed by atoms with E-state index in [0.29, 0.717) is 24.9 Å². The summed E-state index contributed by atoms with van der Waals surface area (Å²) in [6, 6.07) is 0. The minimum atomic E-state index is -0.626. The van der Waals surface area contributed by atoms with E-state index in [1.54, 1.807) is 0 Å². The van der Waals surface area contributed by atoms with E-state index in [0.717, 1.165) is 32.1 Å². The highest BCUT2D eigenvalue weighted by Gasteiger charge is 2.56. The Morgan fingerprint density at radius 2 is 2.06 bits per heavy atom. The van der Waals surface area contributed by atoms with Gasteiger partial charge in [-0.05, 0) is 37.5 Å². The number of hydrogen-bond acceptors (Lipinski definition) is 2. The summed E-state index contributed by atoms with van der Waals surface area (Å²) >= 11 is 0. The number of carboxylic acids is 1. The van der Waals surface area contributed by atoms with Crippen molar-refractivity contribution in [2.24, 2.45) is 17.3 Å². The first-order valence-electron chi connectivity index (χ1n) is 6.99. The maximum Gasteiger partial charge on any atom is 0.312 e. The van der Waals surface area contributed by atoms with Crippen LogP contribution < -0.4 is 0 Å². The van der Waals surface area contributed by atoms with Crippen LogP contribution in [0, 0.1) is 17.3 Å². The van der Waals surface area contributed by atoms with Gasteiger partial charge in [-0.2, -0.15) is 0 Å². The average Bonchev–Trinajstić information content (AvgIpc) is 3.07. The van der Waals surface area contributed by atoms with Gasteiger partial charge < -0.3 is 9.84 Å². The average molecular weight is 240 g/mol. The molecule has 2 aliphatic rings. The van der Waals surface area contributed by atoms with Crippen LogP contribution in [0.3, 0.4) is 0 Å². The predicted octanol–water partition coefficient (Wildman–Crippen LogP) is 3.08. The molecule has 0 amide bonds. The smallest absolute Gasteiger partial charge is 0.312 e. The summed E-state index contributed by atoms with van der Waals surface area (Å²) in [5, 5.41) is 9.67. The number of rotatable bonds is 6. The number of ether oxygens (including phenoxy) is 1. The SMILES string of the molecule is CCC(CC)CC1(C(=O)O)CCOC1C1CC1. The zero-order valence-electron chi connectivity index (χ0n) is 10.9. The molecule has 0 spiro atoms. The van der Waals surface area contributed by atoms with E-state index in [4.69, 9.17) is 4.74 Å². The lowest BCUT2D eigenvalue weighted by Gasteiger charge is -2.33. The van der Waals surface area contributed by atoms with Crippen molar-refractivity contribution >= 4 is 5.97 Å². The number of hydrogen-bond donors (Lipinski definition) is 1. The van der Waals surface area contributed by atoms with Crippen LogP contribution in [0.5, 0.6) is 0 Å². The highest BCUT2D eigenvalue weighted by Crippen LogP contribution is 2.51. The van der Waals surface area contributed by atoms with Crippen molar-refractivity contribution in [3.05, 3.63) is 0 Å². The fourth-order valence-electron chi connectivity index (χ4n) is 3.28. The van der Waals surface area contributed by atoms with Gasteiger partial charge in [0.1, 0.15) is 0 Å². The molecule has 17 heavy (non-hydrogen) atoms. The maximum absolute atomic E-state index is 11.8. The molecule has 1 aliphatic carbocycles. The molecule has 0 aromatic carbocycles. The molecule has 1 heterocycles. The second kappa shape index (κ2) is 4.97. The van der Waals surface area contributed by atoms with Crippen LogP contribution in [-0.2, 0) is 9.53 Å². The van der Waals surface area contributed by atoms with Gasteiger partial charge in [0.25, 0.3) is 0 Å². The van der Waals surface area contributed by atoms with Gasteiger partial charge in [0.2, 0.25) is 0 Å². The van der Waals surface area contributed by atoms with Gasteiger partial charge in [0.15, 0.2) is 0 Å². The van der Waals surface area contributed by atoms with Crippen molar-refractivity contribution in [2.45, 2.75) is 58.5 Å². The standard InChI is InChI=1S/C14H24O3/c1-3-10(4-2)9-14(13(15)16)7-8-17-12(14)11-5-6-11/h10-12H,3-9H2,1-2H3,(H,15,16). The van der Waals surface area contributed by atoms with Gasteiger partial charge in [-0.25, -0.2) is 0 Å². The summed E-state index contributed by atoms with van der Waals surface area (Å²) in [4.78, 5) is 11.8. The second-order valence-corrected chi connectivity index (χ2v) is 5.73. The lowest BCUT2D eigenvalue weighted by molar-refractivity contribution is -0.155. The normalized spacial score (nSPS) is 33.2. The summed E-state index contributed by atoms with van der Waals surface area (Å²) in [5.74, 6) is 0.413. The zero-order chi connectivity index (χ0) is 12.5. The van der Waals surface area contributed by atoms with Gasteiger partial charge in [0.05, 0.1) is 11.5 Å². The molecule has 3 nitrogen and oxygen atoms in total. The number of aliphatic carboxylic acids is 1. The summed E-state index contributed by atoms with van der Waals surface area (Å²) in [6.07, 6.45) is 5.95. The Bertz CT molecular complexity index is 281. The highest BCUT2D eigenvalue weighted by atomic mass is 16.5. The van der Waals surface area contributed by atoms with E-state index in [9.17, 15) is 9.90 Å². The third-order valence-electron chi connectivity index (χ3n) is 4.67. The van der Waals surface area contributed by atoms with E-state index >= 15 is 0 Å². The van der Waals surface area contributed by atoms with E-state index in [1.807, 2.05) is 0 Å². The molecule has 3 heteroatoms. The molecule has 1 N–H and O–H groups in total. The van der Waals surface area contributed by atoms with E-state index in [2.05, 4.69) is 13.8 Å². The third kappa shape index (κ3) is 2.35. The van der Waals surface area contributed by atoms with Crippen LogP contribution >= 0.6 is 0 Å². The van der Waals surface area contributed by atoms with Gasteiger partial charge in [0, 0.05) is 6.61 Å². The molecule has 0 bridgehead atoms. The first kappa shape index (κ1) is 12.9. The van der Waals surface area contributed by atoms with Crippen LogP contribution in [0.25, 0.3) is 0 Å². The number of carboxylic acid groups (broad SMARTS) is 1. The molecule has 0 aromatic heterocycles. The molecule has 2 unspecified atom stereocenters. The van der Waals surface area contributed by atoms with Gasteiger partial charge >= 0.3 is 5.97 Å². The molecule has 2 fully saturated rings. The molecule has 1 saturated carbocycles.